The molecule has 1 N–H and O–H groups in total. The Labute approximate surface area is 115 Å². The zero-order valence-corrected chi connectivity index (χ0v) is 12.4. The van der Waals surface area contributed by atoms with Gasteiger partial charge in [-0.3, -0.25) is 9.59 Å². The van der Waals surface area contributed by atoms with Crippen LogP contribution in [0.3, 0.4) is 0 Å². The quantitative estimate of drug-likeness (QED) is 0.924. The standard InChI is InChI=1S/C13H17BrN2O2/c1-9-8-10(4-5-11(9)14)13(18)15-7-6-12(17)16(2)3/h4-5,8H,6-7H2,1-3H3,(H,15,18). The molecule has 18 heavy (non-hydrogen) atoms. The Balaban J connectivity index is 2.50. The van der Waals surface area contributed by atoms with Gasteiger partial charge in [0.2, 0.25) is 5.91 Å². The molecule has 2 amide bonds. The molecule has 4 nitrogen and oxygen atoms in total. The molecule has 0 fully saturated rings. The Hall–Kier alpha value is -1.36. The first-order chi connectivity index (χ1) is 8.41. The predicted molar refractivity (Wildman–Crippen MR) is 74.5 cm³/mol. The van der Waals surface area contributed by atoms with Gasteiger partial charge in [0.1, 0.15) is 0 Å². The number of carbonyl (C=O) groups excluding carboxylic acids is 2. The summed E-state index contributed by atoms with van der Waals surface area (Å²) < 4.78 is 0.974. The van der Waals surface area contributed by atoms with Gasteiger partial charge in [-0.1, -0.05) is 15.9 Å². The number of nitrogens with zero attached hydrogens (tertiary/aromatic N) is 1. The molecule has 0 aliphatic rings. The first kappa shape index (κ1) is 14.7. The molecule has 1 aromatic carbocycles. The average Bonchev–Trinajstić information content (AvgIpc) is 2.32. The van der Waals surface area contributed by atoms with E-state index < -0.39 is 0 Å². The summed E-state index contributed by atoms with van der Waals surface area (Å²) in [5.41, 5.74) is 1.61. The highest BCUT2D eigenvalue weighted by Gasteiger charge is 2.08. The lowest BCUT2D eigenvalue weighted by atomic mass is 10.1. The van der Waals surface area contributed by atoms with Gasteiger partial charge in [-0.15, -0.1) is 0 Å². The minimum atomic E-state index is -0.155. The van der Waals surface area contributed by atoms with E-state index in [0.29, 0.717) is 18.5 Å². The monoisotopic (exact) mass is 312 g/mol. The molecule has 0 heterocycles. The van der Waals surface area contributed by atoms with Crippen LogP contribution in [0.4, 0.5) is 0 Å². The van der Waals surface area contributed by atoms with Gasteiger partial charge in [0.15, 0.2) is 0 Å². The van der Waals surface area contributed by atoms with Crippen molar-refractivity contribution in [2.45, 2.75) is 13.3 Å². The van der Waals surface area contributed by atoms with Crippen LogP contribution in [0.15, 0.2) is 22.7 Å². The number of nitrogens with one attached hydrogen (secondary N) is 1. The van der Waals surface area contributed by atoms with Crippen LogP contribution in [0.1, 0.15) is 22.3 Å². The maximum atomic E-state index is 11.8. The van der Waals surface area contributed by atoms with Crippen molar-refractivity contribution in [3.05, 3.63) is 33.8 Å². The Morgan fingerprint density at radius 3 is 2.56 bits per heavy atom. The Morgan fingerprint density at radius 2 is 2.00 bits per heavy atom. The Morgan fingerprint density at radius 1 is 1.33 bits per heavy atom. The van der Waals surface area contributed by atoms with Crippen molar-refractivity contribution in [2.24, 2.45) is 0 Å². The third-order valence-electron chi connectivity index (χ3n) is 2.54. The van der Waals surface area contributed by atoms with Gasteiger partial charge in [0, 0.05) is 37.1 Å². The van der Waals surface area contributed by atoms with Crippen molar-refractivity contribution < 1.29 is 9.59 Å². The van der Waals surface area contributed by atoms with Crippen molar-refractivity contribution in [2.75, 3.05) is 20.6 Å². The highest BCUT2D eigenvalue weighted by Crippen LogP contribution is 2.16. The maximum absolute atomic E-state index is 11.8. The SMILES string of the molecule is Cc1cc(C(=O)NCCC(=O)N(C)C)ccc1Br. The van der Waals surface area contributed by atoms with Gasteiger partial charge in [-0.05, 0) is 30.7 Å². The van der Waals surface area contributed by atoms with Crippen molar-refractivity contribution in [1.82, 2.24) is 10.2 Å². The summed E-state index contributed by atoms with van der Waals surface area (Å²) in [4.78, 5) is 24.6. The van der Waals surface area contributed by atoms with Crippen LogP contribution in [0.5, 0.6) is 0 Å². The summed E-state index contributed by atoms with van der Waals surface area (Å²) in [5, 5.41) is 2.73. The molecule has 0 atom stereocenters. The van der Waals surface area contributed by atoms with Gasteiger partial charge in [0.25, 0.3) is 5.91 Å². The summed E-state index contributed by atoms with van der Waals surface area (Å²) in [6.07, 6.45) is 0.314. The molecule has 0 bridgehead atoms. The van der Waals surface area contributed by atoms with Gasteiger partial charge in [-0.2, -0.15) is 0 Å². The number of rotatable bonds is 4. The summed E-state index contributed by atoms with van der Waals surface area (Å²) in [6.45, 7) is 2.28. The molecular formula is C13H17BrN2O2. The zero-order valence-electron chi connectivity index (χ0n) is 10.8. The molecule has 0 aliphatic heterocycles. The van der Waals surface area contributed by atoms with Crippen molar-refractivity contribution in [3.8, 4) is 0 Å². The number of hydrogen-bond donors (Lipinski definition) is 1. The molecule has 0 radical (unpaired) electrons. The highest BCUT2D eigenvalue weighted by molar-refractivity contribution is 9.10. The van der Waals surface area contributed by atoms with Gasteiger partial charge in [-0.25, -0.2) is 0 Å². The largest absolute Gasteiger partial charge is 0.352 e. The van der Waals surface area contributed by atoms with Crippen LogP contribution in [0.2, 0.25) is 0 Å². The third-order valence-corrected chi connectivity index (χ3v) is 3.43. The van der Waals surface area contributed by atoms with E-state index in [-0.39, 0.29) is 11.8 Å². The molecule has 0 aliphatic carbocycles. The summed E-state index contributed by atoms with van der Waals surface area (Å²) >= 11 is 3.38. The Bertz CT molecular complexity index is 458. The molecule has 1 aromatic rings. The number of halogens is 1. The molecule has 0 aromatic heterocycles. The van der Waals surface area contributed by atoms with Crippen molar-refractivity contribution in [1.29, 1.82) is 0 Å². The number of benzene rings is 1. The molecule has 0 saturated carbocycles. The van der Waals surface area contributed by atoms with Crippen LogP contribution >= 0.6 is 15.9 Å². The number of carbonyl (C=O) groups is 2. The molecule has 0 saturated heterocycles. The van der Waals surface area contributed by atoms with Crippen LogP contribution < -0.4 is 5.32 Å². The fraction of sp³-hybridized carbons (Fsp3) is 0.385. The van der Waals surface area contributed by atoms with E-state index in [0.717, 1.165) is 10.0 Å². The third kappa shape index (κ3) is 4.14. The van der Waals surface area contributed by atoms with Crippen LogP contribution in [0, 0.1) is 6.92 Å². The van der Waals surface area contributed by atoms with E-state index in [9.17, 15) is 9.59 Å². The van der Waals surface area contributed by atoms with E-state index in [2.05, 4.69) is 21.2 Å². The van der Waals surface area contributed by atoms with Crippen LogP contribution in [0.25, 0.3) is 0 Å². The lowest BCUT2D eigenvalue weighted by molar-refractivity contribution is -0.128. The fourth-order valence-electron chi connectivity index (χ4n) is 1.39. The van der Waals surface area contributed by atoms with E-state index in [1.165, 1.54) is 4.90 Å². The lowest BCUT2D eigenvalue weighted by Crippen LogP contribution is -2.30. The minimum Gasteiger partial charge on any atom is -0.352 e. The second-order valence-corrected chi connectivity index (χ2v) is 5.11. The normalized spacial score (nSPS) is 10.0. The molecular weight excluding hydrogens is 296 g/mol. The topological polar surface area (TPSA) is 49.4 Å². The van der Waals surface area contributed by atoms with Gasteiger partial charge < -0.3 is 10.2 Å². The zero-order chi connectivity index (χ0) is 13.7. The van der Waals surface area contributed by atoms with Crippen molar-refractivity contribution >= 4 is 27.7 Å². The van der Waals surface area contributed by atoms with E-state index >= 15 is 0 Å². The van der Waals surface area contributed by atoms with Crippen LogP contribution in [-0.4, -0.2) is 37.4 Å². The predicted octanol–water partition coefficient (Wildman–Crippen LogP) is 1.97. The Kier molecular flexibility index (Phi) is 5.34. The molecule has 5 heteroatoms. The first-order valence-electron chi connectivity index (χ1n) is 5.66. The summed E-state index contributed by atoms with van der Waals surface area (Å²) in [5.74, 6) is -0.153. The van der Waals surface area contributed by atoms with Crippen molar-refractivity contribution in [3.63, 3.8) is 0 Å². The summed E-state index contributed by atoms with van der Waals surface area (Å²) in [7, 11) is 3.39. The molecule has 1 rings (SSSR count). The first-order valence-corrected chi connectivity index (χ1v) is 6.45. The van der Waals surface area contributed by atoms with Gasteiger partial charge in [0.05, 0.1) is 0 Å². The maximum Gasteiger partial charge on any atom is 0.251 e. The molecule has 0 unspecified atom stereocenters. The number of hydrogen-bond acceptors (Lipinski definition) is 2. The minimum absolute atomic E-state index is 0.00212. The average molecular weight is 313 g/mol. The van der Waals surface area contributed by atoms with E-state index in [1.54, 1.807) is 20.2 Å². The van der Waals surface area contributed by atoms with Crippen LogP contribution in [-0.2, 0) is 4.79 Å². The number of aryl methyl sites for hydroxylation is 1. The highest BCUT2D eigenvalue weighted by atomic mass is 79.9. The lowest BCUT2D eigenvalue weighted by Gasteiger charge is -2.10. The van der Waals surface area contributed by atoms with E-state index in [4.69, 9.17) is 0 Å². The number of amides is 2. The fourth-order valence-corrected chi connectivity index (χ4v) is 1.64. The molecule has 0 spiro atoms. The molecule has 98 valence electrons. The summed E-state index contributed by atoms with van der Waals surface area (Å²) in [6, 6.07) is 5.41. The van der Waals surface area contributed by atoms with Gasteiger partial charge >= 0.3 is 0 Å². The smallest absolute Gasteiger partial charge is 0.251 e. The van der Waals surface area contributed by atoms with E-state index in [1.807, 2.05) is 19.1 Å². The second kappa shape index (κ2) is 6.54. The second-order valence-electron chi connectivity index (χ2n) is 4.26.